The van der Waals surface area contributed by atoms with Crippen molar-refractivity contribution in [3.63, 3.8) is 0 Å². The van der Waals surface area contributed by atoms with Crippen LogP contribution >= 0.6 is 0 Å². The van der Waals surface area contributed by atoms with Crippen molar-refractivity contribution in [3.05, 3.63) is 96.5 Å². The Morgan fingerprint density at radius 1 is 0.949 bits per heavy atom. The van der Waals surface area contributed by atoms with Crippen LogP contribution in [0.2, 0.25) is 0 Å². The van der Waals surface area contributed by atoms with Gasteiger partial charge in [-0.15, -0.1) is 0 Å². The summed E-state index contributed by atoms with van der Waals surface area (Å²) in [5, 5.41) is 14.6. The number of aliphatic hydroxyl groups is 1. The molecule has 0 saturated carbocycles. The summed E-state index contributed by atoms with van der Waals surface area (Å²) in [7, 11) is -3.06. The maximum atomic E-state index is 12.2. The van der Waals surface area contributed by atoms with E-state index in [1.807, 2.05) is 54.6 Å². The van der Waals surface area contributed by atoms with Gasteiger partial charge in [0.15, 0.2) is 5.79 Å². The summed E-state index contributed by atoms with van der Waals surface area (Å²) in [6, 6.07) is 30.2. The third kappa shape index (κ3) is 6.42. The van der Waals surface area contributed by atoms with Gasteiger partial charge in [-0.2, -0.15) is 4.79 Å². The molecule has 1 aliphatic rings. The number of nitrogens with zero attached hydrogens (tertiary/aromatic N) is 2. The molecule has 3 aromatic rings. The van der Waals surface area contributed by atoms with Crippen LogP contribution in [0.4, 0.5) is 0 Å². The fourth-order valence-electron chi connectivity index (χ4n) is 4.99. The smallest absolute Gasteiger partial charge is 0.416 e. The van der Waals surface area contributed by atoms with Gasteiger partial charge < -0.3 is 29.3 Å². The maximum absolute atomic E-state index is 12.2. The Balaban J connectivity index is 1.67. The number of ether oxygens (including phenoxy) is 3. The molecule has 4 rings (SSSR count). The summed E-state index contributed by atoms with van der Waals surface area (Å²) in [5.41, 5.74) is 9.23. The predicted octanol–water partition coefficient (Wildman–Crippen LogP) is 2.18. The van der Waals surface area contributed by atoms with Gasteiger partial charge in [0.05, 0.1) is 19.6 Å². The minimum Gasteiger partial charge on any atom is -0.457 e. The Morgan fingerprint density at radius 2 is 1.44 bits per heavy atom. The van der Waals surface area contributed by atoms with Gasteiger partial charge in [0.1, 0.15) is 18.3 Å². The lowest BCUT2D eigenvalue weighted by molar-refractivity contribution is -0.157. The van der Waals surface area contributed by atoms with Crippen LogP contribution in [0.15, 0.2) is 91.0 Å². The molecule has 1 aliphatic heterocycles. The first-order valence-corrected chi connectivity index (χ1v) is 14.9. The molecule has 8 nitrogen and oxygen atoms in total. The largest absolute Gasteiger partial charge is 0.457 e. The SMILES string of the molecule is CCOC(=O)C(C[C@H]1OC(C)(C)O[C@@H]1[C@H](O)CO[Si](c1ccccc1)(c1ccccc1)c1ccccc1)=[N+]=[N-]. The van der Waals surface area contributed by atoms with Gasteiger partial charge in [-0.3, -0.25) is 0 Å². The molecule has 0 spiro atoms. The number of benzene rings is 3. The highest BCUT2D eigenvalue weighted by molar-refractivity contribution is 7.07. The van der Waals surface area contributed by atoms with Gasteiger partial charge in [0, 0.05) is 0 Å². The zero-order valence-electron chi connectivity index (χ0n) is 22.4. The number of hydrogen-bond donors (Lipinski definition) is 1. The van der Waals surface area contributed by atoms with Crippen molar-refractivity contribution >= 4 is 35.6 Å². The molecule has 1 fully saturated rings. The Morgan fingerprint density at radius 3 is 1.87 bits per heavy atom. The molecular weight excluding hydrogens is 512 g/mol. The van der Waals surface area contributed by atoms with E-state index in [0.717, 1.165) is 15.6 Å². The summed E-state index contributed by atoms with van der Waals surface area (Å²) in [6.07, 6.45) is -2.82. The zero-order chi connectivity index (χ0) is 27.9. The molecule has 204 valence electrons. The molecular formula is C30H34N2O6Si. The summed E-state index contributed by atoms with van der Waals surface area (Å²) in [6.45, 7) is 5.19. The summed E-state index contributed by atoms with van der Waals surface area (Å²) in [5.74, 6) is -1.78. The van der Waals surface area contributed by atoms with E-state index in [9.17, 15) is 15.4 Å². The van der Waals surface area contributed by atoms with E-state index in [1.165, 1.54) is 0 Å². The molecule has 9 heteroatoms. The van der Waals surface area contributed by atoms with Gasteiger partial charge in [0.25, 0.3) is 8.32 Å². The van der Waals surface area contributed by atoms with Crippen LogP contribution in [0.3, 0.4) is 0 Å². The number of carbonyl (C=O) groups is 1. The standard InChI is InChI=1S/C30H34N2O6Si/c1-4-35-29(34)25(32-31)20-27-28(38-30(2,3)37-27)26(33)21-36-39(22-14-8-5-9-15-22,23-16-10-6-11-17-23)24-18-12-7-13-19-24/h5-19,26-28,33H,4,20-21H2,1-3H3/t26-,27-,28-/m1/s1. The lowest BCUT2D eigenvalue weighted by atomic mass is 10.0. The van der Waals surface area contributed by atoms with Crippen LogP contribution < -0.4 is 15.6 Å². The first-order chi connectivity index (χ1) is 18.8. The van der Waals surface area contributed by atoms with Gasteiger partial charge in [-0.1, -0.05) is 91.0 Å². The van der Waals surface area contributed by atoms with Crippen molar-refractivity contribution in [2.24, 2.45) is 0 Å². The van der Waals surface area contributed by atoms with E-state index in [1.54, 1.807) is 20.8 Å². The minimum absolute atomic E-state index is 0.0590. The fraction of sp³-hybridized carbons (Fsp3) is 0.333. The van der Waals surface area contributed by atoms with Crippen LogP contribution in [0.5, 0.6) is 0 Å². The van der Waals surface area contributed by atoms with Crippen LogP contribution in [0, 0.1) is 0 Å². The Hall–Kier alpha value is -3.43. The van der Waals surface area contributed by atoms with Crippen molar-refractivity contribution in [2.45, 2.75) is 51.3 Å². The highest BCUT2D eigenvalue weighted by Crippen LogP contribution is 2.32. The highest BCUT2D eigenvalue weighted by Gasteiger charge is 2.49. The van der Waals surface area contributed by atoms with E-state index >= 15 is 0 Å². The average Bonchev–Trinajstić information content (AvgIpc) is 3.27. The summed E-state index contributed by atoms with van der Waals surface area (Å²) >= 11 is 0. The molecule has 0 amide bonds. The number of esters is 1. The second kappa shape index (κ2) is 12.6. The molecule has 0 bridgehead atoms. The molecule has 0 radical (unpaired) electrons. The van der Waals surface area contributed by atoms with Gasteiger partial charge in [-0.05, 0) is 36.3 Å². The second-order valence-electron chi connectivity index (χ2n) is 9.77. The third-order valence-corrected chi connectivity index (χ3v) is 10.7. The molecule has 1 N–H and O–H groups in total. The number of aliphatic hydroxyl groups excluding tert-OH is 1. The van der Waals surface area contributed by atoms with Crippen molar-refractivity contribution in [1.82, 2.24) is 0 Å². The van der Waals surface area contributed by atoms with Crippen molar-refractivity contribution < 1.29 is 33.3 Å². The van der Waals surface area contributed by atoms with Gasteiger partial charge in [-0.25, -0.2) is 4.79 Å². The first kappa shape index (κ1) is 28.6. The molecule has 1 heterocycles. The zero-order valence-corrected chi connectivity index (χ0v) is 23.4. The van der Waals surface area contributed by atoms with Crippen molar-refractivity contribution in [2.75, 3.05) is 13.2 Å². The topological polar surface area (TPSA) is 111 Å². The molecule has 3 aromatic carbocycles. The first-order valence-electron chi connectivity index (χ1n) is 13.0. The minimum atomic E-state index is -3.06. The number of carbonyl (C=O) groups excluding carboxylic acids is 1. The van der Waals surface area contributed by atoms with Crippen LogP contribution in [0.1, 0.15) is 27.2 Å². The predicted molar refractivity (Wildman–Crippen MR) is 150 cm³/mol. The average molecular weight is 547 g/mol. The maximum Gasteiger partial charge on any atom is 0.416 e. The fourth-order valence-corrected chi connectivity index (χ4v) is 8.90. The molecule has 0 aliphatic carbocycles. The number of hydrogen-bond acceptors (Lipinski definition) is 6. The third-order valence-electron chi connectivity index (χ3n) is 6.64. The Kier molecular flexibility index (Phi) is 9.24. The van der Waals surface area contributed by atoms with Crippen molar-refractivity contribution in [1.29, 1.82) is 0 Å². The van der Waals surface area contributed by atoms with E-state index < -0.39 is 38.4 Å². The van der Waals surface area contributed by atoms with Gasteiger partial charge in [0.2, 0.25) is 0 Å². The molecule has 1 saturated heterocycles. The lowest BCUT2D eigenvalue weighted by Gasteiger charge is -2.34. The monoisotopic (exact) mass is 546 g/mol. The van der Waals surface area contributed by atoms with Crippen LogP contribution in [-0.2, 0) is 23.4 Å². The Bertz CT molecular complexity index is 1190. The molecule has 0 unspecified atom stereocenters. The lowest BCUT2D eigenvalue weighted by Crippen LogP contribution is -2.70. The molecule has 3 atom stereocenters. The van der Waals surface area contributed by atoms with Crippen LogP contribution in [-0.4, -0.2) is 67.2 Å². The quantitative estimate of drug-likeness (QED) is 0.0986. The summed E-state index contributed by atoms with van der Waals surface area (Å²) < 4.78 is 23.9. The molecule has 0 aromatic heterocycles. The molecule has 39 heavy (non-hydrogen) atoms. The van der Waals surface area contributed by atoms with Crippen LogP contribution in [0.25, 0.3) is 5.53 Å². The van der Waals surface area contributed by atoms with E-state index in [2.05, 4.69) is 41.2 Å². The van der Waals surface area contributed by atoms with E-state index in [-0.39, 0.29) is 25.3 Å². The van der Waals surface area contributed by atoms with E-state index in [0.29, 0.717) is 0 Å². The van der Waals surface area contributed by atoms with Gasteiger partial charge >= 0.3 is 11.7 Å². The second-order valence-corrected chi connectivity index (χ2v) is 13.2. The highest BCUT2D eigenvalue weighted by atomic mass is 28.4. The normalized spacial score (nSPS) is 19.2. The van der Waals surface area contributed by atoms with E-state index in [4.69, 9.17) is 18.6 Å². The van der Waals surface area contributed by atoms with Crippen molar-refractivity contribution in [3.8, 4) is 0 Å². The summed E-state index contributed by atoms with van der Waals surface area (Å²) in [4.78, 5) is 15.4. The number of rotatable bonds is 11. The Labute approximate surface area is 229 Å².